The molecule has 0 saturated carbocycles. The van der Waals surface area contributed by atoms with Gasteiger partial charge in [-0.05, 0) is 39.9 Å². The molecule has 0 bridgehead atoms. The SMILES string of the molecule is CCC(Nc1cncc(Br)c1)c1cccs1. The van der Waals surface area contributed by atoms with Crippen LogP contribution in [-0.4, -0.2) is 4.98 Å². The van der Waals surface area contributed by atoms with Gasteiger partial charge in [0.15, 0.2) is 0 Å². The van der Waals surface area contributed by atoms with E-state index in [1.165, 1.54) is 4.88 Å². The molecule has 2 heterocycles. The molecule has 0 aliphatic rings. The molecule has 0 spiro atoms. The van der Waals surface area contributed by atoms with Crippen molar-refractivity contribution >= 4 is 33.0 Å². The summed E-state index contributed by atoms with van der Waals surface area (Å²) in [5.74, 6) is 0. The Labute approximate surface area is 108 Å². The van der Waals surface area contributed by atoms with E-state index in [0.29, 0.717) is 6.04 Å². The van der Waals surface area contributed by atoms with Crippen LogP contribution in [0.1, 0.15) is 24.3 Å². The number of hydrogen-bond donors (Lipinski definition) is 1. The number of aromatic nitrogens is 1. The minimum absolute atomic E-state index is 0.371. The van der Waals surface area contributed by atoms with Crippen LogP contribution in [0.5, 0.6) is 0 Å². The Morgan fingerprint density at radius 1 is 1.50 bits per heavy atom. The van der Waals surface area contributed by atoms with Crippen molar-refractivity contribution in [3.63, 3.8) is 0 Å². The van der Waals surface area contributed by atoms with Crippen LogP contribution in [0.15, 0.2) is 40.4 Å². The first-order valence-electron chi connectivity index (χ1n) is 5.20. The summed E-state index contributed by atoms with van der Waals surface area (Å²) in [6, 6.07) is 6.67. The Kier molecular flexibility index (Phi) is 3.96. The van der Waals surface area contributed by atoms with E-state index < -0.39 is 0 Å². The summed E-state index contributed by atoms with van der Waals surface area (Å²) in [5, 5.41) is 5.60. The first-order valence-corrected chi connectivity index (χ1v) is 6.87. The molecule has 0 fully saturated rings. The Morgan fingerprint density at radius 2 is 2.38 bits per heavy atom. The van der Waals surface area contributed by atoms with Gasteiger partial charge in [0.05, 0.1) is 17.9 Å². The highest BCUT2D eigenvalue weighted by Gasteiger charge is 2.09. The molecule has 2 nitrogen and oxygen atoms in total. The number of thiophene rings is 1. The summed E-state index contributed by atoms with van der Waals surface area (Å²) in [7, 11) is 0. The fourth-order valence-electron chi connectivity index (χ4n) is 1.56. The lowest BCUT2D eigenvalue weighted by Crippen LogP contribution is -2.08. The summed E-state index contributed by atoms with van der Waals surface area (Å²) in [4.78, 5) is 5.51. The number of hydrogen-bond acceptors (Lipinski definition) is 3. The molecule has 4 heteroatoms. The van der Waals surface area contributed by atoms with Crippen molar-refractivity contribution in [1.29, 1.82) is 0 Å². The molecule has 2 rings (SSSR count). The maximum absolute atomic E-state index is 4.15. The number of pyridine rings is 1. The highest BCUT2D eigenvalue weighted by atomic mass is 79.9. The van der Waals surface area contributed by atoms with Crippen molar-refractivity contribution in [2.24, 2.45) is 0 Å². The van der Waals surface area contributed by atoms with E-state index in [0.717, 1.165) is 16.6 Å². The molecule has 0 aliphatic carbocycles. The fourth-order valence-corrected chi connectivity index (χ4v) is 2.78. The van der Waals surface area contributed by atoms with Gasteiger partial charge in [-0.15, -0.1) is 11.3 Å². The maximum atomic E-state index is 4.15. The molecule has 0 radical (unpaired) electrons. The minimum atomic E-state index is 0.371. The van der Waals surface area contributed by atoms with Gasteiger partial charge in [-0.3, -0.25) is 4.98 Å². The molecule has 2 aromatic rings. The van der Waals surface area contributed by atoms with Gasteiger partial charge in [0.25, 0.3) is 0 Å². The largest absolute Gasteiger partial charge is 0.376 e. The summed E-state index contributed by atoms with van der Waals surface area (Å²) >= 11 is 5.21. The number of nitrogens with one attached hydrogen (secondary N) is 1. The molecule has 1 N–H and O–H groups in total. The van der Waals surface area contributed by atoms with Crippen LogP contribution in [0.3, 0.4) is 0 Å². The van der Waals surface area contributed by atoms with Crippen molar-refractivity contribution in [3.05, 3.63) is 45.3 Å². The van der Waals surface area contributed by atoms with E-state index in [2.05, 4.69) is 50.7 Å². The van der Waals surface area contributed by atoms with Crippen molar-refractivity contribution in [2.75, 3.05) is 5.32 Å². The lowest BCUT2D eigenvalue weighted by molar-refractivity contribution is 0.763. The second-order valence-corrected chi connectivity index (χ2v) is 5.41. The van der Waals surface area contributed by atoms with Gasteiger partial charge in [0.2, 0.25) is 0 Å². The number of halogens is 1. The summed E-state index contributed by atoms with van der Waals surface area (Å²) in [6.45, 7) is 2.18. The quantitative estimate of drug-likeness (QED) is 0.900. The third-order valence-electron chi connectivity index (χ3n) is 2.34. The van der Waals surface area contributed by atoms with Gasteiger partial charge in [-0.25, -0.2) is 0 Å². The predicted octanol–water partition coefficient (Wildman–Crippen LogP) is 4.47. The molecule has 2 aromatic heterocycles. The molecule has 84 valence electrons. The van der Waals surface area contributed by atoms with Gasteiger partial charge in [0.1, 0.15) is 0 Å². The standard InChI is InChI=1S/C12H13BrN2S/c1-2-11(12-4-3-5-16-12)15-10-6-9(13)7-14-8-10/h3-8,11,15H,2H2,1H3. The number of rotatable bonds is 4. The third kappa shape index (κ3) is 2.83. The third-order valence-corrected chi connectivity index (χ3v) is 3.76. The zero-order valence-electron chi connectivity index (χ0n) is 8.98. The first-order chi connectivity index (χ1) is 7.79. The van der Waals surface area contributed by atoms with Crippen LogP contribution in [-0.2, 0) is 0 Å². The van der Waals surface area contributed by atoms with Crippen LogP contribution < -0.4 is 5.32 Å². The Bertz CT molecular complexity index is 442. The first kappa shape index (κ1) is 11.6. The lowest BCUT2D eigenvalue weighted by Gasteiger charge is -2.16. The highest BCUT2D eigenvalue weighted by molar-refractivity contribution is 9.10. The Balaban J connectivity index is 2.13. The van der Waals surface area contributed by atoms with Gasteiger partial charge >= 0.3 is 0 Å². The van der Waals surface area contributed by atoms with E-state index >= 15 is 0 Å². The zero-order valence-corrected chi connectivity index (χ0v) is 11.4. The molecule has 0 aliphatic heterocycles. The topological polar surface area (TPSA) is 24.9 Å². The number of anilines is 1. The number of nitrogens with zero attached hydrogens (tertiary/aromatic N) is 1. The van der Waals surface area contributed by atoms with Crippen molar-refractivity contribution < 1.29 is 0 Å². The lowest BCUT2D eigenvalue weighted by atomic mass is 10.2. The second-order valence-electron chi connectivity index (χ2n) is 3.51. The van der Waals surface area contributed by atoms with Crippen LogP contribution in [0, 0.1) is 0 Å². The van der Waals surface area contributed by atoms with E-state index in [1.54, 1.807) is 17.5 Å². The molecule has 0 aromatic carbocycles. The molecule has 0 amide bonds. The molecular formula is C12H13BrN2S. The molecular weight excluding hydrogens is 284 g/mol. The normalized spacial score (nSPS) is 12.4. The van der Waals surface area contributed by atoms with Gasteiger partial charge in [-0.1, -0.05) is 13.0 Å². The fraction of sp³-hybridized carbons (Fsp3) is 0.250. The van der Waals surface area contributed by atoms with Crippen molar-refractivity contribution in [3.8, 4) is 0 Å². The van der Waals surface area contributed by atoms with Crippen LogP contribution in [0.4, 0.5) is 5.69 Å². The van der Waals surface area contributed by atoms with E-state index in [1.807, 2.05) is 12.3 Å². The van der Waals surface area contributed by atoms with Crippen LogP contribution in [0.25, 0.3) is 0 Å². The average Bonchev–Trinajstić information content (AvgIpc) is 2.79. The predicted molar refractivity (Wildman–Crippen MR) is 72.9 cm³/mol. The summed E-state index contributed by atoms with van der Waals surface area (Å²) < 4.78 is 0.999. The van der Waals surface area contributed by atoms with E-state index in [-0.39, 0.29) is 0 Å². The van der Waals surface area contributed by atoms with Crippen LogP contribution in [0.2, 0.25) is 0 Å². The highest BCUT2D eigenvalue weighted by Crippen LogP contribution is 2.26. The smallest absolute Gasteiger partial charge is 0.0604 e. The zero-order chi connectivity index (χ0) is 11.4. The van der Waals surface area contributed by atoms with Gasteiger partial charge in [0, 0.05) is 15.5 Å². The van der Waals surface area contributed by atoms with E-state index in [9.17, 15) is 0 Å². The molecule has 1 atom stereocenters. The van der Waals surface area contributed by atoms with Gasteiger partial charge < -0.3 is 5.32 Å². The Morgan fingerprint density at radius 3 is 3.00 bits per heavy atom. The summed E-state index contributed by atoms with van der Waals surface area (Å²) in [6.07, 6.45) is 4.70. The van der Waals surface area contributed by atoms with Crippen LogP contribution >= 0.6 is 27.3 Å². The Hall–Kier alpha value is -0.870. The maximum Gasteiger partial charge on any atom is 0.0604 e. The molecule has 16 heavy (non-hydrogen) atoms. The van der Waals surface area contributed by atoms with Crippen molar-refractivity contribution in [2.45, 2.75) is 19.4 Å². The average molecular weight is 297 g/mol. The van der Waals surface area contributed by atoms with E-state index in [4.69, 9.17) is 0 Å². The summed E-state index contributed by atoms with van der Waals surface area (Å²) in [5.41, 5.74) is 1.05. The van der Waals surface area contributed by atoms with Gasteiger partial charge in [-0.2, -0.15) is 0 Å². The second kappa shape index (κ2) is 5.46. The minimum Gasteiger partial charge on any atom is -0.376 e. The monoisotopic (exact) mass is 296 g/mol. The molecule has 1 unspecified atom stereocenters. The molecule has 0 saturated heterocycles. The van der Waals surface area contributed by atoms with Crippen molar-refractivity contribution in [1.82, 2.24) is 4.98 Å².